The van der Waals surface area contributed by atoms with Crippen LogP contribution in [0.3, 0.4) is 0 Å². The number of hydrogen-bond acceptors (Lipinski definition) is 1. The second-order valence-electron chi connectivity index (χ2n) is 7.19. The van der Waals surface area contributed by atoms with Crippen molar-refractivity contribution >= 4 is 17.0 Å². The maximum atomic E-state index is 3.90. The van der Waals surface area contributed by atoms with Crippen LogP contribution in [0.2, 0.25) is 0 Å². The van der Waals surface area contributed by atoms with Crippen LogP contribution >= 0.6 is 17.0 Å². The topological polar surface area (TPSA) is 12.0 Å². The van der Waals surface area contributed by atoms with Crippen molar-refractivity contribution in [2.24, 2.45) is 17.8 Å². The van der Waals surface area contributed by atoms with Gasteiger partial charge in [0, 0.05) is 5.54 Å². The van der Waals surface area contributed by atoms with Crippen molar-refractivity contribution < 1.29 is 0 Å². The van der Waals surface area contributed by atoms with Crippen LogP contribution in [0.25, 0.3) is 0 Å². The van der Waals surface area contributed by atoms with Crippen LogP contribution in [0.5, 0.6) is 0 Å². The second-order valence-corrected chi connectivity index (χ2v) is 7.19. The number of fused-ring (bicyclic) bond motifs is 2. The van der Waals surface area contributed by atoms with E-state index < -0.39 is 0 Å². The predicted molar refractivity (Wildman–Crippen MR) is 96.2 cm³/mol. The predicted octanol–water partition coefficient (Wildman–Crippen LogP) is 5.17. The Morgan fingerprint density at radius 3 is 2.48 bits per heavy atom. The highest BCUT2D eigenvalue weighted by Crippen LogP contribution is 2.52. The average Bonchev–Trinajstić information content (AvgIpc) is 2.48. The molecule has 118 valence electrons. The van der Waals surface area contributed by atoms with Crippen molar-refractivity contribution in [1.82, 2.24) is 5.32 Å². The molecule has 3 rings (SSSR count). The Balaban J connectivity index is 0.00000161. The largest absolute Gasteiger partial charge is 0.311 e. The van der Waals surface area contributed by atoms with E-state index in [0.717, 1.165) is 23.7 Å². The summed E-state index contributed by atoms with van der Waals surface area (Å²) in [6, 6.07) is 11.3. The van der Waals surface area contributed by atoms with Gasteiger partial charge in [-0.15, -0.1) is 17.0 Å². The normalized spacial score (nSPS) is 38.6. The highest BCUT2D eigenvalue weighted by atomic mass is 79.9. The van der Waals surface area contributed by atoms with Gasteiger partial charge in [0.25, 0.3) is 0 Å². The molecule has 1 aliphatic heterocycles. The van der Waals surface area contributed by atoms with Gasteiger partial charge in [-0.2, -0.15) is 0 Å². The fourth-order valence-electron chi connectivity index (χ4n) is 4.92. The standard InChI is InChI=1S/C19H29N.BrH/c1-4-14-13-20-19(3)12-18(14)17(11-16(19)5-2)15-9-7-6-8-10-15;/h6-10,14,16-18,20H,4-5,11-13H2,1-3H3;1H. The Morgan fingerprint density at radius 1 is 1.14 bits per heavy atom. The van der Waals surface area contributed by atoms with Crippen LogP contribution in [-0.4, -0.2) is 12.1 Å². The van der Waals surface area contributed by atoms with E-state index in [4.69, 9.17) is 0 Å². The van der Waals surface area contributed by atoms with E-state index in [9.17, 15) is 0 Å². The summed E-state index contributed by atoms with van der Waals surface area (Å²) in [6.45, 7) is 8.42. The van der Waals surface area contributed by atoms with Gasteiger partial charge in [0.15, 0.2) is 0 Å². The fourth-order valence-corrected chi connectivity index (χ4v) is 4.92. The summed E-state index contributed by atoms with van der Waals surface area (Å²) >= 11 is 0. The van der Waals surface area contributed by atoms with Gasteiger partial charge >= 0.3 is 0 Å². The third-order valence-corrected chi connectivity index (χ3v) is 6.23. The average molecular weight is 352 g/mol. The van der Waals surface area contributed by atoms with Crippen molar-refractivity contribution in [3.63, 3.8) is 0 Å². The molecule has 0 spiro atoms. The summed E-state index contributed by atoms with van der Waals surface area (Å²) in [4.78, 5) is 0. The lowest BCUT2D eigenvalue weighted by atomic mass is 9.56. The molecule has 1 nitrogen and oxygen atoms in total. The first-order chi connectivity index (χ1) is 9.68. The van der Waals surface area contributed by atoms with E-state index in [1.54, 1.807) is 5.56 Å². The van der Waals surface area contributed by atoms with E-state index in [1.807, 2.05) is 0 Å². The monoisotopic (exact) mass is 351 g/mol. The number of halogens is 1. The molecule has 2 fully saturated rings. The molecule has 1 heterocycles. The zero-order valence-corrected chi connectivity index (χ0v) is 15.4. The summed E-state index contributed by atoms with van der Waals surface area (Å²) < 4.78 is 0. The molecule has 1 saturated carbocycles. The SMILES string of the molecule is Br.CCC1CNC2(C)CC1C(c1ccccc1)CC2CC. The smallest absolute Gasteiger partial charge is 0.0184 e. The van der Waals surface area contributed by atoms with E-state index >= 15 is 0 Å². The van der Waals surface area contributed by atoms with Crippen LogP contribution < -0.4 is 5.32 Å². The Kier molecular flexibility index (Phi) is 5.54. The molecule has 5 unspecified atom stereocenters. The van der Waals surface area contributed by atoms with Crippen LogP contribution in [0.4, 0.5) is 0 Å². The van der Waals surface area contributed by atoms with Crippen LogP contribution in [0, 0.1) is 17.8 Å². The Hall–Kier alpha value is -0.340. The highest BCUT2D eigenvalue weighted by molar-refractivity contribution is 8.93. The molecule has 0 amide bonds. The molecular formula is C19H30BrN. The molecule has 1 saturated heterocycles. The lowest BCUT2D eigenvalue weighted by molar-refractivity contribution is 0.0204. The first-order valence-corrected chi connectivity index (χ1v) is 8.48. The van der Waals surface area contributed by atoms with Crippen LogP contribution in [0.1, 0.15) is 57.9 Å². The number of nitrogens with one attached hydrogen (secondary N) is 1. The molecule has 5 atom stereocenters. The van der Waals surface area contributed by atoms with Crippen molar-refractivity contribution in [3.05, 3.63) is 35.9 Å². The van der Waals surface area contributed by atoms with Gasteiger partial charge < -0.3 is 5.32 Å². The zero-order chi connectivity index (χ0) is 14.2. The van der Waals surface area contributed by atoms with Crippen molar-refractivity contribution in [3.8, 4) is 0 Å². The summed E-state index contributed by atoms with van der Waals surface area (Å²) in [5.41, 5.74) is 1.97. The zero-order valence-electron chi connectivity index (χ0n) is 13.6. The van der Waals surface area contributed by atoms with E-state index in [0.29, 0.717) is 5.54 Å². The molecule has 1 N–H and O–H groups in total. The van der Waals surface area contributed by atoms with E-state index in [1.165, 1.54) is 32.2 Å². The fraction of sp³-hybridized carbons (Fsp3) is 0.684. The third kappa shape index (κ3) is 3.07. The van der Waals surface area contributed by atoms with E-state index in [-0.39, 0.29) is 17.0 Å². The highest BCUT2D eigenvalue weighted by Gasteiger charge is 2.49. The number of piperidine rings is 1. The molecule has 1 aromatic carbocycles. The summed E-state index contributed by atoms with van der Waals surface area (Å²) in [6.07, 6.45) is 5.35. The van der Waals surface area contributed by atoms with Gasteiger partial charge in [-0.05, 0) is 55.5 Å². The van der Waals surface area contributed by atoms with Gasteiger partial charge in [0.2, 0.25) is 0 Å². The van der Waals surface area contributed by atoms with Gasteiger partial charge in [-0.3, -0.25) is 0 Å². The number of rotatable bonds is 3. The Bertz CT molecular complexity index is 446. The van der Waals surface area contributed by atoms with Gasteiger partial charge in [0.05, 0.1) is 0 Å². The van der Waals surface area contributed by atoms with Gasteiger partial charge in [-0.1, -0.05) is 57.0 Å². The maximum Gasteiger partial charge on any atom is 0.0184 e. The molecule has 2 bridgehead atoms. The first-order valence-electron chi connectivity index (χ1n) is 8.48. The first kappa shape index (κ1) is 17.0. The maximum absolute atomic E-state index is 3.90. The van der Waals surface area contributed by atoms with Crippen LogP contribution in [0.15, 0.2) is 30.3 Å². The summed E-state index contributed by atoms with van der Waals surface area (Å²) in [5, 5.41) is 3.90. The lowest BCUT2D eigenvalue weighted by Crippen LogP contribution is -2.60. The molecule has 0 radical (unpaired) electrons. The summed E-state index contributed by atoms with van der Waals surface area (Å²) in [7, 11) is 0. The van der Waals surface area contributed by atoms with Crippen molar-refractivity contribution in [1.29, 1.82) is 0 Å². The molecule has 1 aromatic rings. The van der Waals surface area contributed by atoms with Crippen molar-refractivity contribution in [2.75, 3.05) is 6.54 Å². The third-order valence-electron chi connectivity index (χ3n) is 6.23. The van der Waals surface area contributed by atoms with Crippen LogP contribution in [-0.2, 0) is 0 Å². The number of benzene rings is 1. The van der Waals surface area contributed by atoms with Gasteiger partial charge in [-0.25, -0.2) is 0 Å². The Labute approximate surface area is 140 Å². The quantitative estimate of drug-likeness (QED) is 0.791. The van der Waals surface area contributed by atoms with E-state index in [2.05, 4.69) is 56.4 Å². The molecular weight excluding hydrogens is 322 g/mol. The summed E-state index contributed by atoms with van der Waals surface area (Å²) in [5.74, 6) is 3.32. The molecule has 2 aliphatic rings. The minimum atomic E-state index is 0. The molecule has 0 aromatic heterocycles. The lowest BCUT2D eigenvalue weighted by Gasteiger charge is -2.55. The van der Waals surface area contributed by atoms with Crippen molar-refractivity contribution in [2.45, 2.75) is 57.9 Å². The molecule has 21 heavy (non-hydrogen) atoms. The minimum absolute atomic E-state index is 0. The second kappa shape index (κ2) is 6.83. The number of hydrogen-bond donors (Lipinski definition) is 1. The minimum Gasteiger partial charge on any atom is -0.311 e. The van der Waals surface area contributed by atoms with Gasteiger partial charge in [0.1, 0.15) is 0 Å². The molecule has 1 aliphatic carbocycles. The molecule has 2 heteroatoms. The Morgan fingerprint density at radius 2 is 1.86 bits per heavy atom.